The second-order valence-corrected chi connectivity index (χ2v) is 6.70. The predicted molar refractivity (Wildman–Crippen MR) is 79.7 cm³/mol. The molecule has 0 aromatic carbocycles. The van der Waals surface area contributed by atoms with Crippen molar-refractivity contribution in [3.8, 4) is 0 Å². The van der Waals surface area contributed by atoms with Gasteiger partial charge in [0.2, 0.25) is 0 Å². The van der Waals surface area contributed by atoms with Crippen molar-refractivity contribution < 1.29 is 0 Å². The number of aryl methyl sites for hydroxylation is 1. The first kappa shape index (κ1) is 13.5. The maximum absolute atomic E-state index is 4.66. The van der Waals surface area contributed by atoms with Gasteiger partial charge in [-0.05, 0) is 38.1 Å². The fraction of sp³-hybridized carbons (Fsp3) is 0.867. The van der Waals surface area contributed by atoms with E-state index in [1.54, 1.807) is 0 Å². The van der Waals surface area contributed by atoms with E-state index < -0.39 is 0 Å². The van der Waals surface area contributed by atoms with Crippen LogP contribution in [-0.4, -0.2) is 33.3 Å². The SMILES string of the molecule is CCCCCCc1nsnc1C1CN2CCCC1C2. The molecule has 2 aliphatic rings. The molecule has 4 heteroatoms. The molecular weight excluding hydrogens is 254 g/mol. The van der Waals surface area contributed by atoms with Crippen molar-refractivity contribution in [3.63, 3.8) is 0 Å². The molecule has 0 radical (unpaired) electrons. The van der Waals surface area contributed by atoms with Crippen molar-refractivity contribution in [2.24, 2.45) is 5.92 Å². The van der Waals surface area contributed by atoms with Crippen LogP contribution in [0.2, 0.25) is 0 Å². The molecule has 0 N–H and O–H groups in total. The number of fused-ring (bicyclic) bond motifs is 2. The van der Waals surface area contributed by atoms with Crippen molar-refractivity contribution in [1.82, 2.24) is 13.6 Å². The molecule has 106 valence electrons. The van der Waals surface area contributed by atoms with Crippen LogP contribution in [0.4, 0.5) is 0 Å². The van der Waals surface area contributed by atoms with Crippen molar-refractivity contribution in [3.05, 3.63) is 11.4 Å². The molecule has 0 spiro atoms. The average molecular weight is 279 g/mol. The van der Waals surface area contributed by atoms with Crippen LogP contribution >= 0.6 is 11.7 Å². The molecule has 0 saturated carbocycles. The van der Waals surface area contributed by atoms with Gasteiger partial charge in [-0.3, -0.25) is 0 Å². The maximum atomic E-state index is 4.66. The van der Waals surface area contributed by atoms with E-state index in [9.17, 15) is 0 Å². The number of hydrogen-bond acceptors (Lipinski definition) is 4. The Morgan fingerprint density at radius 2 is 2.16 bits per heavy atom. The Morgan fingerprint density at radius 1 is 1.21 bits per heavy atom. The van der Waals surface area contributed by atoms with E-state index >= 15 is 0 Å². The summed E-state index contributed by atoms with van der Waals surface area (Å²) in [7, 11) is 0. The highest BCUT2D eigenvalue weighted by atomic mass is 32.1. The summed E-state index contributed by atoms with van der Waals surface area (Å²) < 4.78 is 9.25. The minimum atomic E-state index is 0.683. The van der Waals surface area contributed by atoms with Crippen molar-refractivity contribution in [1.29, 1.82) is 0 Å². The largest absolute Gasteiger partial charge is 0.302 e. The Hall–Kier alpha value is -0.480. The molecule has 3 heterocycles. The second kappa shape index (κ2) is 6.31. The van der Waals surface area contributed by atoms with E-state index in [4.69, 9.17) is 0 Å². The molecule has 19 heavy (non-hydrogen) atoms. The summed E-state index contributed by atoms with van der Waals surface area (Å²) in [4.78, 5) is 2.62. The molecule has 1 aromatic heterocycles. The smallest absolute Gasteiger partial charge is 0.0821 e. The number of unbranched alkanes of at least 4 members (excludes halogenated alkanes) is 3. The van der Waals surface area contributed by atoms with Gasteiger partial charge in [0.15, 0.2) is 0 Å². The standard InChI is InChI=1S/C15H25N3S/c1-2-3-4-5-8-14-15(17-19-16-14)13-11-18-9-6-7-12(13)10-18/h12-13H,2-11H2,1H3. The summed E-state index contributed by atoms with van der Waals surface area (Å²) >= 11 is 1.43. The van der Waals surface area contributed by atoms with Crippen LogP contribution in [0.3, 0.4) is 0 Å². The molecule has 3 atom stereocenters. The molecular formula is C15H25N3S. The fourth-order valence-corrected chi connectivity index (χ4v) is 4.36. The number of hydrogen-bond donors (Lipinski definition) is 0. The van der Waals surface area contributed by atoms with Gasteiger partial charge in [-0.25, -0.2) is 0 Å². The number of nitrogens with zero attached hydrogens (tertiary/aromatic N) is 3. The lowest BCUT2D eigenvalue weighted by molar-refractivity contribution is 0.269. The van der Waals surface area contributed by atoms with E-state index in [-0.39, 0.29) is 0 Å². The molecule has 1 aromatic rings. The Kier molecular flexibility index (Phi) is 4.49. The van der Waals surface area contributed by atoms with Crippen LogP contribution < -0.4 is 0 Å². The maximum Gasteiger partial charge on any atom is 0.0821 e. The highest BCUT2D eigenvalue weighted by Gasteiger charge is 2.38. The zero-order valence-corrected chi connectivity index (χ0v) is 12.8. The zero-order valence-electron chi connectivity index (χ0n) is 12.0. The topological polar surface area (TPSA) is 29.0 Å². The van der Waals surface area contributed by atoms with E-state index in [0.717, 1.165) is 12.3 Å². The third-order valence-electron chi connectivity index (χ3n) is 4.77. The molecule has 2 saturated heterocycles. The summed E-state index contributed by atoms with van der Waals surface area (Å²) in [6.45, 7) is 6.11. The molecule has 3 unspecified atom stereocenters. The summed E-state index contributed by atoms with van der Waals surface area (Å²) in [5, 5.41) is 0. The number of aromatic nitrogens is 2. The minimum Gasteiger partial charge on any atom is -0.302 e. The third-order valence-corrected chi connectivity index (χ3v) is 5.35. The predicted octanol–water partition coefficient (Wildman–Crippen LogP) is 3.47. The Labute approximate surface area is 120 Å². The van der Waals surface area contributed by atoms with Crippen molar-refractivity contribution in [2.45, 2.75) is 57.8 Å². The van der Waals surface area contributed by atoms with Gasteiger partial charge in [0.05, 0.1) is 23.1 Å². The summed E-state index contributed by atoms with van der Waals surface area (Å²) in [5.41, 5.74) is 2.68. The molecule has 0 aliphatic carbocycles. The van der Waals surface area contributed by atoms with E-state index in [0.29, 0.717) is 5.92 Å². The van der Waals surface area contributed by atoms with Crippen LogP contribution in [-0.2, 0) is 6.42 Å². The van der Waals surface area contributed by atoms with Gasteiger partial charge in [-0.2, -0.15) is 8.75 Å². The quantitative estimate of drug-likeness (QED) is 0.747. The Balaban J connectivity index is 1.63. The first-order valence-corrected chi connectivity index (χ1v) is 8.65. The van der Waals surface area contributed by atoms with E-state index in [2.05, 4.69) is 20.6 Å². The van der Waals surface area contributed by atoms with Gasteiger partial charge in [0.25, 0.3) is 0 Å². The minimum absolute atomic E-state index is 0.683. The fourth-order valence-electron chi connectivity index (χ4n) is 3.71. The van der Waals surface area contributed by atoms with Crippen LogP contribution in [0.15, 0.2) is 0 Å². The average Bonchev–Trinajstić information content (AvgIpc) is 2.99. The van der Waals surface area contributed by atoms with E-state index in [1.807, 2.05) is 0 Å². The summed E-state index contributed by atoms with van der Waals surface area (Å²) in [6.07, 6.45) is 9.21. The normalized spacial score (nSPS) is 29.8. The highest BCUT2D eigenvalue weighted by molar-refractivity contribution is 6.99. The lowest BCUT2D eigenvalue weighted by Crippen LogP contribution is -2.25. The van der Waals surface area contributed by atoms with Crippen molar-refractivity contribution >= 4 is 11.7 Å². The second-order valence-electron chi connectivity index (χ2n) is 6.18. The summed E-state index contributed by atoms with van der Waals surface area (Å²) in [6, 6.07) is 0. The van der Waals surface area contributed by atoms with Crippen LogP contribution in [0.25, 0.3) is 0 Å². The van der Waals surface area contributed by atoms with Gasteiger partial charge in [-0.15, -0.1) is 0 Å². The van der Waals surface area contributed by atoms with E-state index in [1.165, 1.54) is 81.3 Å². The Bertz CT molecular complexity index is 404. The van der Waals surface area contributed by atoms with Gasteiger partial charge in [0, 0.05) is 19.0 Å². The zero-order chi connectivity index (χ0) is 13.1. The molecule has 3 nitrogen and oxygen atoms in total. The first-order valence-electron chi connectivity index (χ1n) is 7.92. The number of rotatable bonds is 6. The monoisotopic (exact) mass is 279 g/mol. The van der Waals surface area contributed by atoms with Gasteiger partial charge < -0.3 is 4.90 Å². The summed E-state index contributed by atoms with van der Waals surface area (Å²) in [5.74, 6) is 1.54. The molecule has 2 bridgehead atoms. The van der Waals surface area contributed by atoms with Gasteiger partial charge in [-0.1, -0.05) is 26.2 Å². The first-order chi connectivity index (χ1) is 9.38. The Morgan fingerprint density at radius 3 is 3.00 bits per heavy atom. The van der Waals surface area contributed by atoms with Crippen molar-refractivity contribution in [2.75, 3.05) is 19.6 Å². The van der Waals surface area contributed by atoms with Gasteiger partial charge in [0.1, 0.15) is 0 Å². The molecule has 0 amide bonds. The lowest BCUT2D eigenvalue weighted by Gasteiger charge is -2.21. The van der Waals surface area contributed by atoms with Crippen LogP contribution in [0, 0.1) is 5.92 Å². The molecule has 2 aliphatic heterocycles. The lowest BCUT2D eigenvalue weighted by atomic mass is 9.87. The number of piperidine rings is 1. The van der Waals surface area contributed by atoms with Gasteiger partial charge >= 0.3 is 0 Å². The van der Waals surface area contributed by atoms with Crippen LogP contribution in [0.5, 0.6) is 0 Å². The highest BCUT2D eigenvalue weighted by Crippen LogP contribution is 2.39. The molecule has 3 rings (SSSR count). The third kappa shape index (κ3) is 3.00. The van der Waals surface area contributed by atoms with Crippen LogP contribution in [0.1, 0.15) is 62.8 Å². The molecule has 2 fully saturated rings.